The maximum atomic E-state index is 10.3. The van der Waals surface area contributed by atoms with Gasteiger partial charge in [-0.1, -0.05) is 0 Å². The Bertz CT molecular complexity index is 303. The minimum absolute atomic E-state index is 0.303. The zero-order valence-corrected chi connectivity index (χ0v) is 9.04. The summed E-state index contributed by atoms with van der Waals surface area (Å²) in [6.45, 7) is 0. The molecule has 0 spiro atoms. The van der Waals surface area contributed by atoms with E-state index < -0.39 is 12.2 Å². The summed E-state index contributed by atoms with van der Waals surface area (Å²) in [5, 5.41) is 20.9. The molecule has 0 bridgehead atoms. The molecule has 0 radical (unpaired) electrons. The van der Waals surface area contributed by atoms with Gasteiger partial charge in [-0.3, -0.25) is 4.79 Å². The van der Waals surface area contributed by atoms with Crippen molar-refractivity contribution in [3.8, 4) is 0 Å². The zero-order valence-electron chi connectivity index (χ0n) is 7.33. The lowest BCUT2D eigenvalue weighted by Gasteiger charge is -2.14. The monoisotopic (exact) mass is 233 g/mol. The summed E-state index contributed by atoms with van der Waals surface area (Å²) in [7, 11) is 0. The predicted octanol–water partition coefficient (Wildman–Crippen LogP) is 0.670. The molecule has 0 aliphatic heterocycles. The molecule has 1 aromatic rings. The number of hydrogen-bond donors (Lipinski definition) is 3. The molecule has 0 fully saturated rings. The zero-order chi connectivity index (χ0) is 10.6. The third kappa shape index (κ3) is 2.78. The van der Waals surface area contributed by atoms with Crippen molar-refractivity contribution in [2.75, 3.05) is 5.75 Å². The van der Waals surface area contributed by atoms with Crippen LogP contribution in [0.3, 0.4) is 0 Å². The summed E-state index contributed by atoms with van der Waals surface area (Å²) in [6.07, 6.45) is -0.911. The Labute approximate surface area is 91.0 Å². The number of aldehydes is 1. The van der Waals surface area contributed by atoms with Crippen molar-refractivity contribution in [2.24, 2.45) is 0 Å². The average molecular weight is 233 g/mol. The molecule has 0 aromatic carbocycles. The van der Waals surface area contributed by atoms with Crippen LogP contribution < -0.4 is 0 Å². The van der Waals surface area contributed by atoms with E-state index in [0.717, 1.165) is 11.3 Å². The van der Waals surface area contributed by atoms with Crippen molar-refractivity contribution in [1.82, 2.24) is 4.98 Å². The maximum absolute atomic E-state index is 10.3. The molecular formula is C8H11NO3S2. The number of thiazole rings is 1. The Kier molecular flexibility index (Phi) is 4.53. The Morgan fingerprint density at radius 3 is 2.86 bits per heavy atom. The van der Waals surface area contributed by atoms with Gasteiger partial charge >= 0.3 is 0 Å². The smallest absolute Gasteiger partial charge is 0.178 e. The number of aromatic nitrogens is 1. The van der Waals surface area contributed by atoms with Gasteiger partial charge in [0, 0.05) is 5.38 Å². The quantitative estimate of drug-likeness (QED) is 0.516. The molecule has 14 heavy (non-hydrogen) atoms. The molecule has 2 N–H and O–H groups in total. The first kappa shape index (κ1) is 11.6. The SMILES string of the molecule is O=Cc1nc(C(O)C(O)CCS)cs1. The highest BCUT2D eigenvalue weighted by molar-refractivity contribution is 7.80. The first-order chi connectivity index (χ1) is 6.69. The van der Waals surface area contributed by atoms with Crippen molar-refractivity contribution < 1.29 is 15.0 Å². The van der Waals surface area contributed by atoms with E-state index in [-0.39, 0.29) is 0 Å². The molecule has 0 saturated heterocycles. The van der Waals surface area contributed by atoms with Gasteiger partial charge in [0.25, 0.3) is 0 Å². The maximum Gasteiger partial charge on any atom is 0.178 e. The van der Waals surface area contributed by atoms with Gasteiger partial charge in [-0.2, -0.15) is 12.6 Å². The number of carbonyl (C=O) groups excluding carboxylic acids is 1. The van der Waals surface area contributed by atoms with Crippen LogP contribution >= 0.6 is 24.0 Å². The third-order valence-corrected chi connectivity index (χ3v) is 2.78. The third-order valence-electron chi connectivity index (χ3n) is 1.73. The van der Waals surface area contributed by atoms with Gasteiger partial charge in [-0.25, -0.2) is 4.98 Å². The van der Waals surface area contributed by atoms with Crippen LogP contribution in [0.25, 0.3) is 0 Å². The van der Waals surface area contributed by atoms with Crippen LogP contribution in [0.15, 0.2) is 5.38 Å². The molecule has 0 amide bonds. The minimum atomic E-state index is -1.04. The number of aliphatic hydroxyl groups is 2. The summed E-state index contributed by atoms with van der Waals surface area (Å²) in [6, 6.07) is 0. The van der Waals surface area contributed by atoms with Gasteiger partial charge in [0.05, 0.1) is 11.8 Å². The standard InChI is InChI=1S/C8H11NO3S2/c10-3-7-9-5(4-14-7)8(12)6(11)1-2-13/h3-4,6,8,11-13H,1-2H2. The summed E-state index contributed by atoms with van der Waals surface area (Å²) in [5.74, 6) is 0.489. The van der Waals surface area contributed by atoms with Crippen molar-refractivity contribution in [1.29, 1.82) is 0 Å². The lowest BCUT2D eigenvalue weighted by molar-refractivity contribution is 0.0150. The molecule has 6 heteroatoms. The van der Waals surface area contributed by atoms with Crippen molar-refractivity contribution in [2.45, 2.75) is 18.6 Å². The number of rotatable bonds is 5. The van der Waals surface area contributed by atoms with Gasteiger partial charge in [-0.15, -0.1) is 11.3 Å². The summed E-state index contributed by atoms with van der Waals surface area (Å²) >= 11 is 5.09. The van der Waals surface area contributed by atoms with E-state index in [0.29, 0.717) is 29.2 Å². The van der Waals surface area contributed by atoms with Crippen molar-refractivity contribution in [3.05, 3.63) is 16.1 Å². The minimum Gasteiger partial charge on any atom is -0.390 e. The molecule has 78 valence electrons. The number of aliphatic hydroxyl groups excluding tert-OH is 2. The van der Waals surface area contributed by atoms with Crippen LogP contribution in [0.5, 0.6) is 0 Å². The molecule has 2 unspecified atom stereocenters. The summed E-state index contributed by atoms with van der Waals surface area (Å²) in [4.78, 5) is 14.2. The van der Waals surface area contributed by atoms with Crippen molar-refractivity contribution >= 4 is 30.3 Å². The van der Waals surface area contributed by atoms with Crippen LogP contribution in [0.4, 0.5) is 0 Å². The Balaban J connectivity index is 2.67. The molecule has 0 aliphatic rings. The fourth-order valence-corrected chi connectivity index (χ4v) is 1.89. The number of hydrogen-bond acceptors (Lipinski definition) is 6. The topological polar surface area (TPSA) is 70.4 Å². The van der Waals surface area contributed by atoms with Crippen LogP contribution in [0.2, 0.25) is 0 Å². The van der Waals surface area contributed by atoms with Gasteiger partial charge in [0.2, 0.25) is 0 Å². The van der Waals surface area contributed by atoms with E-state index in [1.165, 1.54) is 0 Å². The fourth-order valence-electron chi connectivity index (χ4n) is 0.978. The van der Waals surface area contributed by atoms with Crippen LogP contribution in [-0.2, 0) is 0 Å². The van der Waals surface area contributed by atoms with E-state index in [9.17, 15) is 15.0 Å². The average Bonchev–Trinajstić information content (AvgIpc) is 2.65. The Morgan fingerprint density at radius 1 is 1.64 bits per heavy atom. The predicted molar refractivity (Wildman–Crippen MR) is 56.9 cm³/mol. The van der Waals surface area contributed by atoms with E-state index in [1.807, 2.05) is 0 Å². The second kappa shape index (κ2) is 5.45. The fraction of sp³-hybridized carbons (Fsp3) is 0.500. The lowest BCUT2D eigenvalue weighted by atomic mass is 10.1. The van der Waals surface area contributed by atoms with Crippen molar-refractivity contribution in [3.63, 3.8) is 0 Å². The second-order valence-corrected chi connectivity index (χ2v) is 4.09. The molecule has 0 aliphatic carbocycles. The summed E-state index contributed by atoms with van der Waals surface area (Å²) in [5.41, 5.74) is 0.339. The lowest BCUT2D eigenvalue weighted by Crippen LogP contribution is -2.19. The number of nitrogens with zero attached hydrogens (tertiary/aromatic N) is 1. The van der Waals surface area contributed by atoms with Crippen LogP contribution in [-0.4, -0.2) is 33.3 Å². The van der Waals surface area contributed by atoms with E-state index in [4.69, 9.17) is 0 Å². The van der Waals surface area contributed by atoms with Crippen LogP contribution in [0.1, 0.15) is 28.0 Å². The normalized spacial score (nSPS) is 15.1. The van der Waals surface area contributed by atoms with Gasteiger partial charge in [0.15, 0.2) is 11.3 Å². The molecular weight excluding hydrogens is 222 g/mol. The molecule has 1 rings (SSSR count). The number of thiol groups is 1. The first-order valence-electron chi connectivity index (χ1n) is 4.06. The Hall–Kier alpha value is -0.430. The highest BCUT2D eigenvalue weighted by atomic mass is 32.1. The van der Waals surface area contributed by atoms with Crippen LogP contribution in [0, 0.1) is 0 Å². The van der Waals surface area contributed by atoms with E-state index >= 15 is 0 Å². The molecule has 1 heterocycles. The molecule has 4 nitrogen and oxygen atoms in total. The van der Waals surface area contributed by atoms with E-state index in [1.54, 1.807) is 5.38 Å². The summed E-state index contributed by atoms with van der Waals surface area (Å²) < 4.78 is 0. The van der Waals surface area contributed by atoms with Gasteiger partial charge in [0.1, 0.15) is 6.10 Å². The first-order valence-corrected chi connectivity index (χ1v) is 5.58. The number of carbonyl (C=O) groups is 1. The second-order valence-electron chi connectivity index (χ2n) is 2.75. The molecule has 0 saturated carbocycles. The highest BCUT2D eigenvalue weighted by Crippen LogP contribution is 2.20. The van der Waals surface area contributed by atoms with E-state index in [2.05, 4.69) is 17.6 Å². The largest absolute Gasteiger partial charge is 0.390 e. The molecule has 2 atom stereocenters. The highest BCUT2D eigenvalue weighted by Gasteiger charge is 2.20. The Morgan fingerprint density at radius 2 is 2.36 bits per heavy atom. The van der Waals surface area contributed by atoms with Gasteiger partial charge < -0.3 is 10.2 Å². The molecule has 1 aromatic heterocycles. The van der Waals surface area contributed by atoms with Gasteiger partial charge in [-0.05, 0) is 12.2 Å².